The minimum Gasteiger partial charge on any atom is -0.455 e. The van der Waals surface area contributed by atoms with Crippen molar-refractivity contribution in [1.82, 2.24) is 9.97 Å². The summed E-state index contributed by atoms with van der Waals surface area (Å²) in [6, 6.07) is 133. The number of rotatable bonds is 14. The van der Waals surface area contributed by atoms with Gasteiger partial charge in [-0.25, -0.2) is 0 Å². The number of anilines is 6. The molecular formula is C105H70N4O2. The summed E-state index contributed by atoms with van der Waals surface area (Å²) in [5.41, 5.74) is 31.8. The lowest BCUT2D eigenvalue weighted by atomic mass is 9.79. The molecule has 20 aromatic rings. The first-order chi connectivity index (χ1) is 54.8. The minimum atomic E-state index is -0.391. The molecular weight excluding hydrogens is 1350 g/mol. The van der Waals surface area contributed by atoms with Gasteiger partial charge in [0, 0.05) is 107 Å². The third-order valence-electron chi connectivity index (χ3n) is 22.8. The highest BCUT2D eigenvalue weighted by Crippen LogP contribution is 2.55. The molecule has 4 heterocycles. The summed E-state index contributed by atoms with van der Waals surface area (Å²) in [7, 11) is 0. The zero-order chi connectivity index (χ0) is 73.7. The van der Waals surface area contributed by atoms with Crippen LogP contribution in [0.5, 0.6) is 0 Å². The maximum absolute atomic E-state index is 7.13. The van der Waals surface area contributed by atoms with Gasteiger partial charge >= 0.3 is 0 Å². The molecule has 0 N–H and O–H groups in total. The number of hydrogen-bond donors (Lipinski definition) is 0. The van der Waals surface area contributed by atoms with Gasteiger partial charge in [0.05, 0.1) is 5.69 Å². The number of fused-ring (bicyclic) bond motifs is 13. The summed E-state index contributed by atoms with van der Waals surface area (Å²) in [4.78, 5) is 14.7. The van der Waals surface area contributed by atoms with Crippen LogP contribution in [-0.4, -0.2) is 9.97 Å². The fraction of sp³-hybridized carbons (Fsp3) is 0.0286. The first kappa shape index (κ1) is 64.9. The summed E-state index contributed by atoms with van der Waals surface area (Å²) < 4.78 is 14.1. The number of furan rings is 2. The van der Waals surface area contributed by atoms with Crippen molar-refractivity contribution >= 4 is 99.5 Å². The van der Waals surface area contributed by atoms with Crippen LogP contribution in [0.25, 0.3) is 166 Å². The van der Waals surface area contributed by atoms with Gasteiger partial charge in [-0.3, -0.25) is 9.97 Å². The van der Waals surface area contributed by atoms with Crippen molar-refractivity contribution < 1.29 is 8.83 Å². The number of benzene rings is 16. The van der Waals surface area contributed by atoms with Crippen LogP contribution < -0.4 is 9.80 Å². The van der Waals surface area contributed by atoms with Crippen LogP contribution in [0, 0.1) is 0 Å². The van der Waals surface area contributed by atoms with Crippen molar-refractivity contribution in [3.63, 3.8) is 0 Å². The molecule has 111 heavy (non-hydrogen) atoms. The van der Waals surface area contributed by atoms with Crippen molar-refractivity contribution in [2.24, 2.45) is 0 Å². The van der Waals surface area contributed by atoms with E-state index < -0.39 is 5.41 Å². The Kier molecular flexibility index (Phi) is 15.5. The smallest absolute Gasteiger partial charge is 0.143 e. The molecule has 0 aliphatic heterocycles. The predicted octanol–water partition coefficient (Wildman–Crippen LogP) is 29.2. The van der Waals surface area contributed by atoms with Crippen LogP contribution in [0.1, 0.15) is 25.0 Å². The van der Waals surface area contributed by atoms with E-state index in [4.69, 9.17) is 13.8 Å². The molecule has 0 radical (unpaired) electrons. The van der Waals surface area contributed by atoms with E-state index in [9.17, 15) is 0 Å². The summed E-state index contributed by atoms with van der Waals surface area (Å²) in [6.45, 7) is 4.76. The molecule has 4 aromatic heterocycles. The molecule has 6 nitrogen and oxygen atoms in total. The Morgan fingerprint density at radius 1 is 0.261 bits per heavy atom. The zero-order valence-corrected chi connectivity index (χ0v) is 61.1. The fourth-order valence-electron chi connectivity index (χ4n) is 17.5. The lowest BCUT2D eigenvalue weighted by Gasteiger charge is -2.29. The van der Waals surface area contributed by atoms with E-state index in [1.165, 1.54) is 50.1 Å². The molecule has 522 valence electrons. The summed E-state index contributed by atoms with van der Waals surface area (Å²) >= 11 is 0. The maximum Gasteiger partial charge on any atom is 0.143 e. The molecule has 0 spiro atoms. The fourth-order valence-corrected chi connectivity index (χ4v) is 17.5. The molecule has 0 bridgehead atoms. The Morgan fingerprint density at radius 3 is 1.13 bits per heavy atom. The van der Waals surface area contributed by atoms with Crippen molar-refractivity contribution in [3.05, 3.63) is 400 Å². The lowest BCUT2D eigenvalue weighted by molar-refractivity contribution is 0.662. The molecule has 0 atom stereocenters. The van der Waals surface area contributed by atoms with Crippen molar-refractivity contribution in [3.8, 4) is 100 Å². The average Bonchev–Trinajstić information content (AvgIpc) is 1.61. The van der Waals surface area contributed by atoms with Crippen LogP contribution >= 0.6 is 0 Å². The van der Waals surface area contributed by atoms with Gasteiger partial charge < -0.3 is 18.6 Å². The maximum atomic E-state index is 7.13. The van der Waals surface area contributed by atoms with Gasteiger partial charge in [0.2, 0.25) is 0 Å². The second-order valence-corrected chi connectivity index (χ2v) is 29.5. The van der Waals surface area contributed by atoms with Crippen LogP contribution in [-0.2, 0) is 5.41 Å². The van der Waals surface area contributed by atoms with Crippen molar-refractivity contribution in [2.75, 3.05) is 9.80 Å². The second-order valence-electron chi connectivity index (χ2n) is 29.5. The summed E-state index contributed by atoms with van der Waals surface area (Å²) in [6.07, 6.45) is 5.83. The molecule has 0 unspecified atom stereocenters. The highest BCUT2D eigenvalue weighted by molar-refractivity contribution is 6.27. The molecule has 1 aliphatic carbocycles. The zero-order valence-electron chi connectivity index (χ0n) is 61.1. The first-order valence-corrected chi connectivity index (χ1v) is 38.0. The molecule has 0 fully saturated rings. The molecule has 16 aromatic carbocycles. The normalized spacial score (nSPS) is 12.3. The van der Waals surface area contributed by atoms with Crippen LogP contribution in [0.15, 0.2) is 397 Å². The van der Waals surface area contributed by atoms with E-state index in [0.717, 1.165) is 161 Å². The van der Waals surface area contributed by atoms with Gasteiger partial charge in [-0.1, -0.05) is 275 Å². The third-order valence-corrected chi connectivity index (χ3v) is 22.8. The van der Waals surface area contributed by atoms with Gasteiger partial charge in [0.15, 0.2) is 0 Å². The molecule has 6 heteroatoms. The Hall–Kier alpha value is -14.5. The quantitative estimate of drug-likeness (QED) is 0.108. The first-order valence-electron chi connectivity index (χ1n) is 38.0. The van der Waals surface area contributed by atoms with Gasteiger partial charge in [-0.2, -0.15) is 0 Å². The van der Waals surface area contributed by atoms with E-state index in [0.29, 0.717) is 0 Å². The Morgan fingerprint density at radius 2 is 0.649 bits per heavy atom. The number of hydrogen-bond acceptors (Lipinski definition) is 6. The van der Waals surface area contributed by atoms with Crippen molar-refractivity contribution in [1.29, 1.82) is 0 Å². The molecule has 0 saturated heterocycles. The molecule has 21 rings (SSSR count). The standard InChI is InChI=1S/C105H70N4O2/c1-105(2)94-64-84(109(82-52-41-72(42-53-82)69-24-10-5-11-25-69)83-56-45-74(46-57-83)92-62-75-26-12-14-29-85(75)100-98-87(77-28-19-61-106-65-77)31-17-35-96(98)110-103(92)100)58-59-89(94)90-33-16-32-88(102(90)105)78-47-60-95(107-66-78)91-34-18-36-97-99(91)101-86-30-15-13-27-76(86)63-93(104(101)111-97)73-43-54-81(55-44-73)108(79-48-37-70(38-49-79)67-20-6-3-7-21-67)80-50-39-71(40-51-80)68-22-8-4-9-23-68/h3-66H,1-2H3. The van der Waals surface area contributed by atoms with Gasteiger partial charge in [-0.15, -0.1) is 0 Å². The monoisotopic (exact) mass is 1420 g/mol. The number of aromatic nitrogens is 2. The topological polar surface area (TPSA) is 58.5 Å². The Balaban J connectivity index is 0.617. The van der Waals surface area contributed by atoms with E-state index in [1.807, 2.05) is 18.5 Å². The number of nitrogens with zero attached hydrogens (tertiary/aromatic N) is 4. The largest absolute Gasteiger partial charge is 0.455 e. The Labute approximate surface area is 643 Å². The van der Waals surface area contributed by atoms with Crippen molar-refractivity contribution in [2.45, 2.75) is 19.3 Å². The predicted molar refractivity (Wildman–Crippen MR) is 462 cm³/mol. The van der Waals surface area contributed by atoms with E-state index in [1.54, 1.807) is 0 Å². The van der Waals surface area contributed by atoms with Crippen LogP contribution in [0.2, 0.25) is 0 Å². The summed E-state index contributed by atoms with van der Waals surface area (Å²) in [5, 5.41) is 8.88. The van der Waals surface area contributed by atoms with Gasteiger partial charge in [0.25, 0.3) is 0 Å². The number of pyridine rings is 2. The van der Waals surface area contributed by atoms with Crippen LogP contribution in [0.4, 0.5) is 34.1 Å². The Bertz CT molecular complexity index is 6870. The average molecular weight is 1420 g/mol. The third kappa shape index (κ3) is 11.1. The van der Waals surface area contributed by atoms with E-state index in [-0.39, 0.29) is 0 Å². The SMILES string of the molecule is CC1(C)c2cc(N(c3ccc(-c4ccccc4)cc3)c3ccc(-c4cc5ccccc5c5c4oc4cccc(-c6cccnc6)c45)cc3)ccc2-c2cccc(-c3ccc(-c4cccc5oc6c(-c7ccc(N(c8ccc(-c9ccccc9)cc8)c8ccc(-c9ccccc9)cc8)cc7)cc7ccccc7c6c45)nc3)c21. The van der Waals surface area contributed by atoms with Gasteiger partial charge in [-0.05, 0) is 209 Å². The summed E-state index contributed by atoms with van der Waals surface area (Å²) in [5.74, 6) is 0. The minimum absolute atomic E-state index is 0.391. The highest BCUT2D eigenvalue weighted by Gasteiger charge is 2.39. The highest BCUT2D eigenvalue weighted by atomic mass is 16.3. The molecule has 0 saturated carbocycles. The molecule has 0 amide bonds. The lowest BCUT2D eigenvalue weighted by Crippen LogP contribution is -2.17. The van der Waals surface area contributed by atoms with E-state index in [2.05, 4.69) is 399 Å². The second kappa shape index (κ2) is 26.5. The van der Waals surface area contributed by atoms with Gasteiger partial charge in [0.1, 0.15) is 22.3 Å². The van der Waals surface area contributed by atoms with E-state index >= 15 is 0 Å². The van der Waals surface area contributed by atoms with Crippen LogP contribution in [0.3, 0.4) is 0 Å². The molecule has 1 aliphatic rings.